The Balaban J connectivity index is 1.68. The van der Waals surface area contributed by atoms with Crippen LogP contribution in [-0.4, -0.2) is 45.9 Å². The number of thiazole rings is 1. The largest absolute Gasteiger partial charge is 0.332 e. The number of nitrogens with zero attached hydrogens (tertiary/aromatic N) is 3. The third-order valence-electron chi connectivity index (χ3n) is 5.31. The van der Waals surface area contributed by atoms with Crippen LogP contribution in [0.3, 0.4) is 0 Å². The minimum absolute atomic E-state index is 0.113. The molecular weight excluding hydrogens is 294 g/mol. The fraction of sp³-hybridized carbons (Fsp3) is 0.765. The zero-order chi connectivity index (χ0) is 15.4. The molecule has 1 aromatic rings. The molecule has 22 heavy (non-hydrogen) atoms. The molecule has 1 atom stereocenters. The van der Waals surface area contributed by atoms with Crippen LogP contribution in [0.5, 0.6) is 0 Å². The van der Waals surface area contributed by atoms with Crippen molar-refractivity contribution in [2.24, 2.45) is 0 Å². The average Bonchev–Trinajstić information content (AvgIpc) is 3.07. The van der Waals surface area contributed by atoms with Gasteiger partial charge in [-0.2, -0.15) is 0 Å². The molecular formula is C17H27N3OS. The van der Waals surface area contributed by atoms with Gasteiger partial charge in [0.2, 0.25) is 5.91 Å². The van der Waals surface area contributed by atoms with Gasteiger partial charge in [-0.3, -0.25) is 9.78 Å². The summed E-state index contributed by atoms with van der Waals surface area (Å²) in [6.07, 6.45) is 9.76. The van der Waals surface area contributed by atoms with E-state index in [1.807, 2.05) is 11.7 Å². The smallest absolute Gasteiger partial charge is 0.223 e. The second-order valence-corrected chi connectivity index (χ2v) is 7.69. The van der Waals surface area contributed by atoms with E-state index in [2.05, 4.69) is 21.7 Å². The maximum atomic E-state index is 12.4. The Kier molecular flexibility index (Phi) is 5.14. The number of hydrogen-bond acceptors (Lipinski definition) is 4. The average molecular weight is 321 g/mol. The molecule has 0 bridgehead atoms. The molecule has 3 rings (SSSR count). The minimum Gasteiger partial charge on any atom is -0.332 e. The molecule has 0 radical (unpaired) electrons. The van der Waals surface area contributed by atoms with Crippen LogP contribution >= 0.6 is 11.3 Å². The summed E-state index contributed by atoms with van der Waals surface area (Å²) in [5.74, 6) is 0.343. The van der Waals surface area contributed by atoms with Gasteiger partial charge in [0.05, 0.1) is 12.1 Å². The third-order valence-corrected chi connectivity index (χ3v) is 6.08. The van der Waals surface area contributed by atoms with E-state index in [4.69, 9.17) is 0 Å². The van der Waals surface area contributed by atoms with E-state index in [1.54, 1.807) is 11.3 Å². The van der Waals surface area contributed by atoms with Crippen molar-refractivity contribution in [3.8, 4) is 0 Å². The fourth-order valence-electron chi connectivity index (χ4n) is 3.97. The molecule has 0 N–H and O–H groups in total. The van der Waals surface area contributed by atoms with Gasteiger partial charge >= 0.3 is 0 Å². The zero-order valence-electron chi connectivity index (χ0n) is 13.6. The molecule has 0 aliphatic carbocycles. The lowest BCUT2D eigenvalue weighted by molar-refractivity contribution is -0.132. The number of hydrogen-bond donors (Lipinski definition) is 0. The summed E-state index contributed by atoms with van der Waals surface area (Å²) >= 11 is 1.66. The molecule has 5 heteroatoms. The number of likely N-dealkylation sites (tertiary alicyclic amines) is 2. The first-order chi connectivity index (χ1) is 10.7. The minimum atomic E-state index is 0.113. The highest BCUT2D eigenvalue weighted by Crippen LogP contribution is 2.40. The summed E-state index contributed by atoms with van der Waals surface area (Å²) in [6, 6.07) is 0. The second-order valence-electron chi connectivity index (χ2n) is 6.72. The molecule has 2 fully saturated rings. The molecule has 3 heterocycles. The Morgan fingerprint density at radius 3 is 3.00 bits per heavy atom. The Labute approximate surface area is 137 Å². The van der Waals surface area contributed by atoms with Crippen LogP contribution in [0.15, 0.2) is 11.7 Å². The van der Waals surface area contributed by atoms with Crippen LogP contribution in [0.25, 0.3) is 0 Å². The first kappa shape index (κ1) is 15.9. The Morgan fingerprint density at radius 1 is 1.32 bits per heavy atom. The van der Waals surface area contributed by atoms with Crippen molar-refractivity contribution in [3.63, 3.8) is 0 Å². The molecule has 2 saturated heterocycles. The van der Waals surface area contributed by atoms with E-state index < -0.39 is 0 Å². The van der Waals surface area contributed by atoms with E-state index in [0.29, 0.717) is 5.91 Å². The molecule has 0 saturated carbocycles. The molecule has 1 amide bonds. The van der Waals surface area contributed by atoms with Crippen molar-refractivity contribution in [1.82, 2.24) is 14.8 Å². The summed E-state index contributed by atoms with van der Waals surface area (Å²) in [4.78, 5) is 22.6. The monoisotopic (exact) mass is 321 g/mol. The van der Waals surface area contributed by atoms with E-state index in [-0.39, 0.29) is 5.54 Å². The van der Waals surface area contributed by atoms with Gasteiger partial charge in [0.25, 0.3) is 0 Å². The van der Waals surface area contributed by atoms with Crippen LogP contribution in [-0.2, 0) is 11.3 Å². The Bertz CT molecular complexity index is 490. The highest BCUT2D eigenvalue weighted by Gasteiger charge is 2.45. The number of carbonyl (C=O) groups is 1. The lowest BCUT2D eigenvalue weighted by Crippen LogP contribution is -2.45. The highest BCUT2D eigenvalue weighted by molar-refractivity contribution is 7.09. The van der Waals surface area contributed by atoms with Crippen LogP contribution in [0.2, 0.25) is 0 Å². The number of unbranched alkanes of at least 4 members (excludes halogenated alkanes) is 1. The van der Waals surface area contributed by atoms with Crippen molar-refractivity contribution < 1.29 is 4.79 Å². The summed E-state index contributed by atoms with van der Waals surface area (Å²) < 4.78 is 0. The summed E-state index contributed by atoms with van der Waals surface area (Å²) in [5.41, 5.74) is 1.98. The van der Waals surface area contributed by atoms with Gasteiger partial charge < -0.3 is 9.80 Å². The highest BCUT2D eigenvalue weighted by atomic mass is 32.1. The third kappa shape index (κ3) is 3.35. The first-order valence-electron chi connectivity index (χ1n) is 8.64. The summed E-state index contributed by atoms with van der Waals surface area (Å²) in [7, 11) is 0. The standard InChI is InChI=1S/C17H27N3OS/c1-2-3-9-19-10-4-6-17(8-11-19)7-5-16(21)20(17)13-15-12-18-14-22-15/h12,14H,2-11,13H2,1H3/t17-/m0/s1. The predicted molar refractivity (Wildman–Crippen MR) is 89.8 cm³/mol. The van der Waals surface area contributed by atoms with Gasteiger partial charge in [0.15, 0.2) is 0 Å². The van der Waals surface area contributed by atoms with E-state index in [1.165, 1.54) is 43.6 Å². The van der Waals surface area contributed by atoms with Crippen molar-refractivity contribution in [1.29, 1.82) is 0 Å². The molecule has 0 unspecified atom stereocenters. The Morgan fingerprint density at radius 2 is 2.23 bits per heavy atom. The molecule has 0 aromatic carbocycles. The van der Waals surface area contributed by atoms with Gasteiger partial charge in [0.1, 0.15) is 0 Å². The normalized spacial score (nSPS) is 26.8. The SMILES string of the molecule is CCCCN1CCC[C@]2(CCC(=O)N2Cc2cncs2)CC1. The molecule has 2 aliphatic rings. The van der Waals surface area contributed by atoms with Crippen LogP contribution in [0.4, 0.5) is 0 Å². The van der Waals surface area contributed by atoms with Crippen molar-refractivity contribution in [2.75, 3.05) is 19.6 Å². The van der Waals surface area contributed by atoms with E-state index in [0.717, 1.165) is 32.4 Å². The summed E-state index contributed by atoms with van der Waals surface area (Å²) in [5, 5.41) is 0. The first-order valence-corrected chi connectivity index (χ1v) is 9.52. The van der Waals surface area contributed by atoms with Gasteiger partial charge in [0, 0.05) is 29.6 Å². The van der Waals surface area contributed by atoms with E-state index in [9.17, 15) is 4.79 Å². The van der Waals surface area contributed by atoms with Gasteiger partial charge in [-0.25, -0.2) is 0 Å². The lowest BCUT2D eigenvalue weighted by atomic mass is 9.87. The zero-order valence-corrected chi connectivity index (χ0v) is 14.4. The number of amides is 1. The Hall–Kier alpha value is -0.940. The maximum Gasteiger partial charge on any atom is 0.223 e. The van der Waals surface area contributed by atoms with Crippen LogP contribution in [0, 0.1) is 0 Å². The van der Waals surface area contributed by atoms with Gasteiger partial charge in [-0.15, -0.1) is 11.3 Å². The maximum absolute atomic E-state index is 12.4. The molecule has 1 spiro atoms. The number of aromatic nitrogens is 1. The van der Waals surface area contributed by atoms with Crippen molar-refractivity contribution >= 4 is 17.2 Å². The molecule has 4 nitrogen and oxygen atoms in total. The predicted octanol–water partition coefficient (Wildman–Crippen LogP) is 3.29. The molecule has 1 aromatic heterocycles. The van der Waals surface area contributed by atoms with E-state index >= 15 is 0 Å². The summed E-state index contributed by atoms with van der Waals surface area (Å²) in [6.45, 7) is 6.58. The number of carbonyl (C=O) groups excluding carboxylic acids is 1. The van der Waals surface area contributed by atoms with Crippen LogP contribution < -0.4 is 0 Å². The number of rotatable bonds is 5. The quantitative estimate of drug-likeness (QED) is 0.835. The van der Waals surface area contributed by atoms with Crippen LogP contribution in [0.1, 0.15) is 56.7 Å². The lowest BCUT2D eigenvalue weighted by Gasteiger charge is -2.38. The van der Waals surface area contributed by atoms with Gasteiger partial charge in [-0.1, -0.05) is 13.3 Å². The molecule has 122 valence electrons. The fourth-order valence-corrected chi connectivity index (χ4v) is 4.55. The topological polar surface area (TPSA) is 36.4 Å². The van der Waals surface area contributed by atoms with Crippen molar-refractivity contribution in [2.45, 2.75) is 64.0 Å². The van der Waals surface area contributed by atoms with Gasteiger partial charge in [-0.05, 0) is 45.2 Å². The molecule has 2 aliphatic heterocycles. The second kappa shape index (κ2) is 7.09. The van der Waals surface area contributed by atoms with Crippen molar-refractivity contribution in [3.05, 3.63) is 16.6 Å².